The second-order valence-corrected chi connectivity index (χ2v) is 5.79. The lowest BCUT2D eigenvalue weighted by Gasteiger charge is -2.00. The molecule has 0 aromatic heterocycles. The van der Waals surface area contributed by atoms with Gasteiger partial charge in [0.05, 0.1) is 0 Å². The minimum absolute atomic E-state index is 0.660. The largest absolute Gasteiger partial charge is 0.0654 e. The van der Waals surface area contributed by atoms with Crippen molar-refractivity contribution in [3.8, 4) is 0 Å². The number of hydrogen-bond donors (Lipinski definition) is 0. The van der Waals surface area contributed by atoms with E-state index in [1.807, 2.05) is 0 Å². The molecule has 76 valence electrons. The zero-order valence-electron chi connectivity index (χ0n) is 9.85. The lowest BCUT2D eigenvalue weighted by atomic mass is 10.0. The molecule has 2 saturated carbocycles. The second-order valence-electron chi connectivity index (χ2n) is 5.79. The van der Waals surface area contributed by atoms with Crippen LogP contribution >= 0.6 is 0 Å². The molecular formula is C13H24. The van der Waals surface area contributed by atoms with Gasteiger partial charge in [0.15, 0.2) is 0 Å². The molecule has 0 heterocycles. The fourth-order valence-electron chi connectivity index (χ4n) is 4.63. The average Bonchev–Trinajstić information content (AvgIpc) is 2.84. The van der Waals surface area contributed by atoms with Gasteiger partial charge >= 0.3 is 0 Å². The van der Waals surface area contributed by atoms with Crippen molar-refractivity contribution in [3.63, 3.8) is 0 Å². The van der Waals surface area contributed by atoms with E-state index in [0.717, 1.165) is 23.2 Å². The van der Waals surface area contributed by atoms with Crippen molar-refractivity contribution in [1.82, 2.24) is 0 Å². The van der Waals surface area contributed by atoms with Crippen molar-refractivity contribution < 1.29 is 0 Å². The first-order chi connectivity index (χ1) is 6.05. The fourth-order valence-corrected chi connectivity index (χ4v) is 4.63. The summed E-state index contributed by atoms with van der Waals surface area (Å²) >= 11 is 0. The molecule has 2 aliphatic rings. The maximum atomic E-state index is 2.48. The number of hydrogen-bond acceptors (Lipinski definition) is 0. The summed E-state index contributed by atoms with van der Waals surface area (Å²) in [6, 6.07) is 0. The van der Waals surface area contributed by atoms with Crippen LogP contribution in [0.15, 0.2) is 0 Å². The van der Waals surface area contributed by atoms with E-state index in [1.165, 1.54) is 19.3 Å². The van der Waals surface area contributed by atoms with Crippen LogP contribution in [0.2, 0.25) is 0 Å². The Morgan fingerprint density at radius 2 is 1.62 bits per heavy atom. The van der Waals surface area contributed by atoms with Gasteiger partial charge in [-0.2, -0.15) is 0 Å². The third kappa shape index (κ3) is 0.831. The first-order valence-electron chi connectivity index (χ1n) is 6.05. The quantitative estimate of drug-likeness (QED) is 0.613. The van der Waals surface area contributed by atoms with E-state index in [1.54, 1.807) is 0 Å². The van der Waals surface area contributed by atoms with Gasteiger partial charge in [0.1, 0.15) is 0 Å². The minimum atomic E-state index is 0.660. The molecule has 2 aliphatic carbocycles. The maximum absolute atomic E-state index is 2.48. The lowest BCUT2D eigenvalue weighted by Crippen LogP contribution is -1.93. The normalized spacial score (nSPS) is 51.0. The molecule has 0 saturated heterocycles. The third-order valence-electron chi connectivity index (χ3n) is 5.47. The summed E-state index contributed by atoms with van der Waals surface area (Å²) in [5.74, 6) is 3.13. The van der Waals surface area contributed by atoms with Crippen LogP contribution in [-0.4, -0.2) is 0 Å². The van der Waals surface area contributed by atoms with Crippen molar-refractivity contribution in [1.29, 1.82) is 0 Å². The van der Waals surface area contributed by atoms with E-state index in [4.69, 9.17) is 0 Å². The van der Waals surface area contributed by atoms with Crippen LogP contribution in [0.1, 0.15) is 53.9 Å². The standard InChI is InChI=1S/C13H24/c1-6-8-11-10(7-2)13(11)9(3)12(13,4)5/h9-11H,6-8H2,1-5H3. The minimum Gasteiger partial charge on any atom is -0.0654 e. The highest BCUT2D eigenvalue weighted by atomic mass is 14.9. The molecule has 1 spiro atoms. The summed E-state index contributed by atoms with van der Waals surface area (Å²) in [7, 11) is 0. The van der Waals surface area contributed by atoms with Crippen molar-refractivity contribution >= 4 is 0 Å². The average molecular weight is 180 g/mol. The zero-order chi connectivity index (χ0) is 9.85. The molecular weight excluding hydrogens is 156 g/mol. The van der Waals surface area contributed by atoms with E-state index in [2.05, 4.69) is 34.6 Å². The SMILES string of the molecule is CCCC1C(CC)C12C(C)C2(C)C. The van der Waals surface area contributed by atoms with Gasteiger partial charge in [-0.15, -0.1) is 0 Å². The van der Waals surface area contributed by atoms with Gasteiger partial charge in [-0.3, -0.25) is 0 Å². The van der Waals surface area contributed by atoms with E-state index in [9.17, 15) is 0 Å². The predicted octanol–water partition coefficient (Wildman–Crippen LogP) is 4.10. The van der Waals surface area contributed by atoms with Crippen molar-refractivity contribution in [2.45, 2.75) is 53.9 Å². The molecule has 0 heteroatoms. The van der Waals surface area contributed by atoms with Crippen molar-refractivity contribution in [3.05, 3.63) is 0 Å². The summed E-state index contributed by atoms with van der Waals surface area (Å²) in [4.78, 5) is 0. The molecule has 4 unspecified atom stereocenters. The first kappa shape index (κ1) is 9.55. The van der Waals surface area contributed by atoms with Crippen molar-refractivity contribution in [2.75, 3.05) is 0 Å². The van der Waals surface area contributed by atoms with Crippen molar-refractivity contribution in [2.24, 2.45) is 28.6 Å². The van der Waals surface area contributed by atoms with Gasteiger partial charge in [0.25, 0.3) is 0 Å². The van der Waals surface area contributed by atoms with E-state index < -0.39 is 0 Å². The Morgan fingerprint density at radius 3 is 1.85 bits per heavy atom. The summed E-state index contributed by atoms with van der Waals surface area (Å²) in [5, 5.41) is 0. The molecule has 0 amide bonds. The molecule has 4 atom stereocenters. The summed E-state index contributed by atoms with van der Waals surface area (Å²) in [6.45, 7) is 12.1. The summed E-state index contributed by atoms with van der Waals surface area (Å²) in [5.41, 5.74) is 1.45. The van der Waals surface area contributed by atoms with Gasteiger partial charge in [-0.05, 0) is 35.0 Å². The monoisotopic (exact) mass is 180 g/mol. The highest BCUT2D eigenvalue weighted by molar-refractivity contribution is 5.31. The second kappa shape index (κ2) is 2.52. The van der Waals surface area contributed by atoms with E-state index in [-0.39, 0.29) is 0 Å². The Bertz CT molecular complexity index is 216. The topological polar surface area (TPSA) is 0 Å². The molecule has 2 fully saturated rings. The molecule has 0 radical (unpaired) electrons. The molecule has 0 aromatic rings. The number of rotatable bonds is 3. The fraction of sp³-hybridized carbons (Fsp3) is 1.00. The first-order valence-corrected chi connectivity index (χ1v) is 6.05. The lowest BCUT2D eigenvalue weighted by molar-refractivity contribution is 0.488. The zero-order valence-corrected chi connectivity index (χ0v) is 9.85. The Labute approximate surface area is 83.1 Å². The highest BCUT2D eigenvalue weighted by Gasteiger charge is 2.84. The summed E-state index contributed by atoms with van der Waals surface area (Å²) in [6.07, 6.45) is 4.27. The smallest absolute Gasteiger partial charge is 0.0150 e. The Balaban J connectivity index is 2.11. The van der Waals surface area contributed by atoms with Crippen LogP contribution in [0.5, 0.6) is 0 Å². The Hall–Kier alpha value is 0. The molecule has 0 aromatic carbocycles. The maximum Gasteiger partial charge on any atom is -0.0150 e. The van der Waals surface area contributed by atoms with Gasteiger partial charge in [-0.1, -0.05) is 47.5 Å². The van der Waals surface area contributed by atoms with Crippen LogP contribution in [0.3, 0.4) is 0 Å². The molecule has 0 nitrogen and oxygen atoms in total. The van der Waals surface area contributed by atoms with Crippen LogP contribution in [0, 0.1) is 28.6 Å². The van der Waals surface area contributed by atoms with Crippen LogP contribution < -0.4 is 0 Å². The highest BCUT2D eigenvalue weighted by Crippen LogP contribution is 2.89. The molecule has 13 heavy (non-hydrogen) atoms. The van der Waals surface area contributed by atoms with E-state index >= 15 is 0 Å². The molecule has 0 aliphatic heterocycles. The molecule has 2 rings (SSSR count). The van der Waals surface area contributed by atoms with Crippen LogP contribution in [0.4, 0.5) is 0 Å². The summed E-state index contributed by atoms with van der Waals surface area (Å²) < 4.78 is 0. The Kier molecular flexibility index (Phi) is 1.85. The molecule has 0 N–H and O–H groups in total. The van der Waals surface area contributed by atoms with E-state index in [0.29, 0.717) is 5.41 Å². The Morgan fingerprint density at radius 1 is 1.08 bits per heavy atom. The third-order valence-corrected chi connectivity index (χ3v) is 5.47. The van der Waals surface area contributed by atoms with Gasteiger partial charge in [-0.25, -0.2) is 0 Å². The van der Waals surface area contributed by atoms with Crippen LogP contribution in [-0.2, 0) is 0 Å². The molecule has 0 bridgehead atoms. The van der Waals surface area contributed by atoms with Crippen LogP contribution in [0.25, 0.3) is 0 Å². The van der Waals surface area contributed by atoms with Gasteiger partial charge in [0.2, 0.25) is 0 Å². The predicted molar refractivity (Wildman–Crippen MR) is 57.6 cm³/mol. The van der Waals surface area contributed by atoms with Gasteiger partial charge in [0, 0.05) is 0 Å². The van der Waals surface area contributed by atoms with Gasteiger partial charge < -0.3 is 0 Å².